The van der Waals surface area contributed by atoms with Crippen LogP contribution < -0.4 is 10.6 Å². The Kier molecular flexibility index (Phi) is 9.19. The molecule has 1 aromatic heterocycles. The first-order valence-corrected chi connectivity index (χ1v) is 10.4. The number of imidazole rings is 1. The molecule has 1 aliphatic rings. The number of likely N-dealkylation sites (tertiary alicyclic amines) is 1. The molecule has 0 aliphatic carbocycles. The van der Waals surface area contributed by atoms with E-state index in [4.69, 9.17) is 4.99 Å². The number of aliphatic imine (C=N–C) groups is 1. The first kappa shape index (κ1) is 23.4. The minimum absolute atomic E-state index is 0. The number of aromatic nitrogens is 2. The average molecular weight is 512 g/mol. The molecule has 29 heavy (non-hydrogen) atoms. The number of hydrogen-bond donors (Lipinski definition) is 2. The number of halogens is 1. The zero-order valence-electron chi connectivity index (χ0n) is 17.6. The number of hydrogen-bond acceptors (Lipinski definition) is 3. The number of amides is 1. The quantitative estimate of drug-likeness (QED) is 0.259. The third-order valence-corrected chi connectivity index (χ3v) is 5.18. The van der Waals surface area contributed by atoms with Gasteiger partial charge in [0.05, 0.1) is 11.0 Å². The molecule has 2 aromatic rings. The molecule has 1 saturated heterocycles. The lowest BCUT2D eigenvalue weighted by Gasteiger charge is -2.18. The molecule has 160 valence electrons. The van der Waals surface area contributed by atoms with Gasteiger partial charge in [-0.2, -0.15) is 0 Å². The van der Waals surface area contributed by atoms with E-state index in [0.29, 0.717) is 6.42 Å². The molecule has 1 unspecified atom stereocenters. The molecule has 1 aliphatic heterocycles. The van der Waals surface area contributed by atoms with Gasteiger partial charge in [0.25, 0.3) is 0 Å². The molecular weight excluding hydrogens is 479 g/mol. The van der Waals surface area contributed by atoms with Crippen LogP contribution in [0, 0.1) is 6.92 Å². The SMILES string of the molecule is CCNC(=NCCCn1c(C)nc2ccccc21)NC1CCN(C(=O)CC)C1.I. The summed E-state index contributed by atoms with van der Waals surface area (Å²) < 4.78 is 2.26. The van der Waals surface area contributed by atoms with E-state index in [1.54, 1.807) is 0 Å². The lowest BCUT2D eigenvalue weighted by molar-refractivity contribution is -0.129. The van der Waals surface area contributed by atoms with Crippen LogP contribution in [-0.2, 0) is 11.3 Å². The molecule has 1 fully saturated rings. The van der Waals surface area contributed by atoms with E-state index in [0.717, 1.165) is 62.9 Å². The van der Waals surface area contributed by atoms with Gasteiger partial charge in [-0.25, -0.2) is 4.98 Å². The normalized spacial score (nSPS) is 16.7. The van der Waals surface area contributed by atoms with Crippen molar-refractivity contribution in [1.29, 1.82) is 0 Å². The maximum absolute atomic E-state index is 11.9. The minimum atomic E-state index is 0. The molecule has 1 atom stereocenters. The summed E-state index contributed by atoms with van der Waals surface area (Å²) in [6.45, 7) is 10.1. The highest BCUT2D eigenvalue weighted by Gasteiger charge is 2.25. The van der Waals surface area contributed by atoms with E-state index in [-0.39, 0.29) is 35.9 Å². The van der Waals surface area contributed by atoms with Crippen LogP contribution in [0.1, 0.15) is 38.9 Å². The molecular formula is C21H33IN6O. The molecule has 2 N–H and O–H groups in total. The summed E-state index contributed by atoms with van der Waals surface area (Å²) in [6, 6.07) is 8.52. The first-order chi connectivity index (χ1) is 13.6. The molecule has 7 nitrogen and oxygen atoms in total. The van der Waals surface area contributed by atoms with Gasteiger partial charge in [0.2, 0.25) is 5.91 Å². The predicted molar refractivity (Wildman–Crippen MR) is 129 cm³/mol. The van der Waals surface area contributed by atoms with Crippen LogP contribution >= 0.6 is 24.0 Å². The van der Waals surface area contributed by atoms with Crippen molar-refractivity contribution in [2.45, 2.75) is 52.6 Å². The highest BCUT2D eigenvalue weighted by Crippen LogP contribution is 2.15. The van der Waals surface area contributed by atoms with Crippen molar-refractivity contribution < 1.29 is 4.79 Å². The Balaban J connectivity index is 0.00000300. The van der Waals surface area contributed by atoms with Crippen LogP contribution in [-0.4, -0.2) is 58.5 Å². The van der Waals surface area contributed by atoms with Crippen molar-refractivity contribution in [3.8, 4) is 0 Å². The molecule has 8 heteroatoms. The van der Waals surface area contributed by atoms with Gasteiger partial charge in [-0.15, -0.1) is 24.0 Å². The van der Waals surface area contributed by atoms with Gasteiger partial charge >= 0.3 is 0 Å². The molecule has 3 rings (SSSR count). The summed E-state index contributed by atoms with van der Waals surface area (Å²) in [5.74, 6) is 2.11. The van der Waals surface area contributed by atoms with Gasteiger partial charge in [-0.3, -0.25) is 9.79 Å². The third-order valence-electron chi connectivity index (χ3n) is 5.18. The number of rotatable bonds is 7. The summed E-state index contributed by atoms with van der Waals surface area (Å²) in [6.07, 6.45) is 2.49. The Labute approximate surface area is 190 Å². The monoisotopic (exact) mass is 512 g/mol. The zero-order valence-corrected chi connectivity index (χ0v) is 20.0. The number of aryl methyl sites for hydroxylation is 2. The molecule has 0 bridgehead atoms. The van der Waals surface area contributed by atoms with Gasteiger partial charge < -0.3 is 20.1 Å². The van der Waals surface area contributed by atoms with Crippen molar-refractivity contribution in [2.24, 2.45) is 4.99 Å². The second-order valence-corrected chi connectivity index (χ2v) is 7.24. The Morgan fingerprint density at radius 2 is 2.10 bits per heavy atom. The van der Waals surface area contributed by atoms with Gasteiger partial charge in [-0.05, 0) is 38.8 Å². The lowest BCUT2D eigenvalue weighted by Crippen LogP contribution is -2.45. The van der Waals surface area contributed by atoms with E-state index in [9.17, 15) is 4.79 Å². The fourth-order valence-corrected chi connectivity index (χ4v) is 3.74. The van der Waals surface area contributed by atoms with Crippen molar-refractivity contribution in [2.75, 3.05) is 26.2 Å². The number of nitrogens with zero attached hydrogens (tertiary/aromatic N) is 4. The Bertz CT molecular complexity index is 834. The molecule has 0 spiro atoms. The van der Waals surface area contributed by atoms with Gasteiger partial charge in [0.1, 0.15) is 5.82 Å². The number of carbonyl (C=O) groups excluding carboxylic acids is 1. The lowest BCUT2D eigenvalue weighted by atomic mass is 10.3. The number of fused-ring (bicyclic) bond motifs is 1. The largest absolute Gasteiger partial charge is 0.357 e. The molecule has 0 saturated carbocycles. The van der Waals surface area contributed by atoms with Crippen LogP contribution in [0.25, 0.3) is 11.0 Å². The van der Waals surface area contributed by atoms with Gasteiger partial charge in [0, 0.05) is 45.2 Å². The maximum atomic E-state index is 11.9. The zero-order chi connectivity index (χ0) is 19.9. The highest BCUT2D eigenvalue weighted by atomic mass is 127. The number of carbonyl (C=O) groups is 1. The summed E-state index contributed by atoms with van der Waals surface area (Å²) in [4.78, 5) is 23.2. The van der Waals surface area contributed by atoms with Crippen LogP contribution in [0.15, 0.2) is 29.3 Å². The summed E-state index contributed by atoms with van der Waals surface area (Å²) in [7, 11) is 0. The first-order valence-electron chi connectivity index (χ1n) is 10.4. The van der Waals surface area contributed by atoms with Crippen molar-refractivity contribution in [3.05, 3.63) is 30.1 Å². The number of benzene rings is 1. The van der Waals surface area contributed by atoms with E-state index in [1.165, 1.54) is 5.52 Å². The van der Waals surface area contributed by atoms with Gasteiger partial charge in [-0.1, -0.05) is 19.1 Å². The molecule has 2 heterocycles. The van der Waals surface area contributed by atoms with E-state index in [2.05, 4.69) is 52.2 Å². The highest BCUT2D eigenvalue weighted by molar-refractivity contribution is 14.0. The maximum Gasteiger partial charge on any atom is 0.222 e. The van der Waals surface area contributed by atoms with Crippen LogP contribution in [0.2, 0.25) is 0 Å². The summed E-state index contributed by atoms with van der Waals surface area (Å²) in [5, 5.41) is 6.80. The fourth-order valence-electron chi connectivity index (χ4n) is 3.74. The van der Waals surface area contributed by atoms with E-state index >= 15 is 0 Å². The van der Waals surface area contributed by atoms with Crippen LogP contribution in [0.4, 0.5) is 0 Å². The van der Waals surface area contributed by atoms with Crippen molar-refractivity contribution in [3.63, 3.8) is 0 Å². The van der Waals surface area contributed by atoms with Crippen LogP contribution in [0.5, 0.6) is 0 Å². The second kappa shape index (κ2) is 11.4. The smallest absolute Gasteiger partial charge is 0.222 e. The van der Waals surface area contributed by atoms with Crippen molar-refractivity contribution in [1.82, 2.24) is 25.1 Å². The minimum Gasteiger partial charge on any atom is -0.357 e. The number of guanidine groups is 1. The second-order valence-electron chi connectivity index (χ2n) is 7.24. The molecule has 1 aromatic carbocycles. The van der Waals surface area contributed by atoms with E-state index in [1.807, 2.05) is 17.9 Å². The van der Waals surface area contributed by atoms with Gasteiger partial charge in [0.15, 0.2) is 5.96 Å². The Hall–Kier alpha value is -1.84. The van der Waals surface area contributed by atoms with E-state index < -0.39 is 0 Å². The summed E-state index contributed by atoms with van der Waals surface area (Å²) >= 11 is 0. The van der Waals surface area contributed by atoms with Crippen molar-refractivity contribution >= 4 is 46.9 Å². The fraction of sp³-hybridized carbons (Fsp3) is 0.571. The topological polar surface area (TPSA) is 74.6 Å². The summed E-state index contributed by atoms with van der Waals surface area (Å²) in [5.41, 5.74) is 2.23. The number of para-hydroxylation sites is 2. The molecule has 0 radical (unpaired) electrons. The average Bonchev–Trinajstić information content (AvgIpc) is 3.28. The Morgan fingerprint density at radius 3 is 2.86 bits per heavy atom. The Morgan fingerprint density at radius 1 is 1.31 bits per heavy atom. The number of nitrogens with one attached hydrogen (secondary N) is 2. The predicted octanol–water partition coefficient (Wildman–Crippen LogP) is 2.92. The standard InChI is InChI=1S/C21H32N6O.HI/c1-4-20(28)26-14-11-17(15-26)25-21(22-5-2)23-12-8-13-27-16(3)24-18-9-6-7-10-19(18)27;/h6-7,9-10,17H,4-5,8,11-15H2,1-3H3,(H2,22,23,25);1H. The third kappa shape index (κ3) is 6.07. The van der Waals surface area contributed by atoms with Crippen LogP contribution in [0.3, 0.4) is 0 Å². The molecule has 1 amide bonds.